The molecule has 13 heteroatoms. The van der Waals surface area contributed by atoms with E-state index in [1.165, 1.54) is 6.07 Å². The Hall–Kier alpha value is -2.37. The van der Waals surface area contributed by atoms with Crippen LogP contribution in [0.5, 0.6) is 0 Å². The van der Waals surface area contributed by atoms with Gasteiger partial charge in [-0.25, -0.2) is 8.42 Å². The maximum absolute atomic E-state index is 12.9. The van der Waals surface area contributed by atoms with Crippen LogP contribution in [0.4, 0.5) is 17.1 Å². The second-order valence-corrected chi connectivity index (χ2v) is 9.87. The van der Waals surface area contributed by atoms with Crippen molar-refractivity contribution < 1.29 is 18.1 Å². The van der Waals surface area contributed by atoms with Gasteiger partial charge in [-0.05, 0) is 40.2 Å². The van der Waals surface area contributed by atoms with E-state index in [0.717, 1.165) is 18.2 Å². The summed E-state index contributed by atoms with van der Waals surface area (Å²) < 4.78 is 28.3. The van der Waals surface area contributed by atoms with Crippen LogP contribution in [0.1, 0.15) is 10.4 Å². The molecule has 0 unspecified atom stereocenters. The van der Waals surface area contributed by atoms with Crippen molar-refractivity contribution in [1.82, 2.24) is 0 Å². The molecule has 3 aromatic carbocycles. The fraction of sp³-hybridized carbons (Fsp3) is 0. The van der Waals surface area contributed by atoms with Gasteiger partial charge in [0.1, 0.15) is 4.90 Å². The van der Waals surface area contributed by atoms with E-state index in [0.29, 0.717) is 5.56 Å². The van der Waals surface area contributed by atoms with Crippen LogP contribution in [-0.2, 0) is 10.0 Å². The summed E-state index contributed by atoms with van der Waals surface area (Å²) in [6.45, 7) is 0. The molecular weight excluding hydrogens is 569 g/mol. The Morgan fingerprint density at radius 3 is 2.25 bits per heavy atom. The maximum atomic E-state index is 12.9. The Balaban J connectivity index is 1.99. The predicted octanol–water partition coefficient (Wildman–Crippen LogP) is 6.37. The number of rotatable bonds is 6. The number of amides is 1. The number of nitrogens with one attached hydrogen (secondary N) is 2. The second-order valence-electron chi connectivity index (χ2n) is 6.21. The second kappa shape index (κ2) is 9.63. The first-order valence-corrected chi connectivity index (χ1v) is 11.9. The number of sulfonamides is 1. The summed E-state index contributed by atoms with van der Waals surface area (Å²) in [5.74, 6) is -0.478. The fourth-order valence-corrected chi connectivity index (χ4v) is 5.23. The Kier molecular flexibility index (Phi) is 7.31. The first-order valence-electron chi connectivity index (χ1n) is 8.52. The molecule has 0 fully saturated rings. The van der Waals surface area contributed by atoms with E-state index in [1.807, 2.05) is 0 Å². The standard InChI is InChI=1S/C19H11BrCl3N3O5S/c20-12-9-14(24-19(27)10-4-2-1-3-5-10)17(23)18(16(12)22)25-32(30,31)15-7-6-11(26(28)29)8-13(15)21/h1-9,25H,(H,24,27). The highest BCUT2D eigenvalue weighted by Gasteiger charge is 2.25. The van der Waals surface area contributed by atoms with Crippen molar-refractivity contribution in [2.45, 2.75) is 4.90 Å². The monoisotopic (exact) mass is 577 g/mol. The third-order valence-corrected chi connectivity index (χ3v) is 7.56. The number of hydrogen-bond acceptors (Lipinski definition) is 5. The fourth-order valence-electron chi connectivity index (χ4n) is 2.58. The molecule has 0 aliphatic rings. The van der Waals surface area contributed by atoms with Gasteiger partial charge >= 0.3 is 0 Å². The number of nitrogens with zero attached hydrogens (tertiary/aromatic N) is 1. The van der Waals surface area contributed by atoms with Gasteiger partial charge in [-0.1, -0.05) is 53.0 Å². The minimum Gasteiger partial charge on any atom is -0.321 e. The Labute approximate surface area is 205 Å². The number of non-ortho nitro benzene ring substituents is 1. The summed E-state index contributed by atoms with van der Waals surface area (Å²) in [6, 6.07) is 12.6. The van der Waals surface area contributed by atoms with Gasteiger partial charge in [0.15, 0.2) is 0 Å². The van der Waals surface area contributed by atoms with Crippen molar-refractivity contribution in [2.24, 2.45) is 0 Å². The average Bonchev–Trinajstić information content (AvgIpc) is 2.75. The van der Waals surface area contributed by atoms with Crippen LogP contribution in [-0.4, -0.2) is 19.2 Å². The zero-order chi connectivity index (χ0) is 23.6. The summed E-state index contributed by atoms with van der Waals surface area (Å²) in [5, 5.41) is 12.8. The van der Waals surface area contributed by atoms with Gasteiger partial charge in [-0.15, -0.1) is 0 Å². The topological polar surface area (TPSA) is 118 Å². The number of carbonyl (C=O) groups is 1. The molecule has 0 spiro atoms. The summed E-state index contributed by atoms with van der Waals surface area (Å²) in [5.41, 5.74) is -0.155. The lowest BCUT2D eigenvalue weighted by molar-refractivity contribution is -0.384. The molecule has 2 N–H and O–H groups in total. The molecule has 0 aliphatic heterocycles. The van der Waals surface area contributed by atoms with Crippen LogP contribution in [0.3, 0.4) is 0 Å². The lowest BCUT2D eigenvalue weighted by Gasteiger charge is -2.16. The normalized spacial score (nSPS) is 11.1. The lowest BCUT2D eigenvalue weighted by Crippen LogP contribution is -2.16. The van der Waals surface area contributed by atoms with Crippen LogP contribution in [0.25, 0.3) is 0 Å². The van der Waals surface area contributed by atoms with Crippen molar-refractivity contribution >= 4 is 83.7 Å². The lowest BCUT2D eigenvalue weighted by atomic mass is 10.2. The third kappa shape index (κ3) is 5.16. The van der Waals surface area contributed by atoms with E-state index in [2.05, 4.69) is 26.0 Å². The van der Waals surface area contributed by atoms with E-state index in [9.17, 15) is 23.3 Å². The quantitative estimate of drug-likeness (QED) is 0.200. The van der Waals surface area contributed by atoms with Crippen molar-refractivity contribution in [1.29, 1.82) is 0 Å². The molecule has 0 heterocycles. The summed E-state index contributed by atoms with van der Waals surface area (Å²) >= 11 is 21.7. The zero-order valence-electron chi connectivity index (χ0n) is 15.6. The maximum Gasteiger partial charge on any atom is 0.271 e. The number of nitro benzene ring substituents is 1. The van der Waals surface area contributed by atoms with Gasteiger partial charge in [0.25, 0.3) is 21.6 Å². The Morgan fingerprint density at radius 1 is 1.00 bits per heavy atom. The van der Waals surface area contributed by atoms with Crippen LogP contribution in [0.15, 0.2) is 64.0 Å². The van der Waals surface area contributed by atoms with Crippen molar-refractivity contribution in [3.05, 3.63) is 89.8 Å². The van der Waals surface area contributed by atoms with E-state index < -0.39 is 25.7 Å². The number of halogens is 4. The minimum absolute atomic E-state index is 0.0747. The largest absolute Gasteiger partial charge is 0.321 e. The first-order chi connectivity index (χ1) is 15.0. The number of carbonyl (C=O) groups excluding carboxylic acids is 1. The van der Waals surface area contributed by atoms with E-state index in [-0.39, 0.29) is 36.6 Å². The number of nitro groups is 1. The number of benzene rings is 3. The smallest absolute Gasteiger partial charge is 0.271 e. The molecule has 0 bridgehead atoms. The van der Waals surface area contributed by atoms with Crippen LogP contribution in [0.2, 0.25) is 15.1 Å². The first kappa shape index (κ1) is 24.3. The summed E-state index contributed by atoms with van der Waals surface area (Å²) in [4.78, 5) is 22.2. The van der Waals surface area contributed by atoms with Crippen molar-refractivity contribution in [3.63, 3.8) is 0 Å². The average molecular weight is 580 g/mol. The van der Waals surface area contributed by atoms with Crippen LogP contribution < -0.4 is 10.0 Å². The number of anilines is 2. The van der Waals surface area contributed by atoms with E-state index >= 15 is 0 Å². The summed E-state index contributed by atoms with van der Waals surface area (Å²) in [7, 11) is -4.35. The molecule has 0 radical (unpaired) electrons. The SMILES string of the molecule is O=C(Nc1cc(Br)c(Cl)c(NS(=O)(=O)c2ccc([N+](=O)[O-])cc2Cl)c1Cl)c1ccccc1. The molecule has 0 aromatic heterocycles. The highest BCUT2D eigenvalue weighted by atomic mass is 79.9. The Morgan fingerprint density at radius 2 is 1.66 bits per heavy atom. The van der Waals surface area contributed by atoms with Gasteiger partial charge in [0.2, 0.25) is 0 Å². The van der Waals surface area contributed by atoms with Gasteiger partial charge in [0.05, 0.1) is 31.4 Å². The van der Waals surface area contributed by atoms with Gasteiger partial charge in [0, 0.05) is 22.2 Å². The molecule has 3 aromatic rings. The molecule has 32 heavy (non-hydrogen) atoms. The molecule has 0 atom stereocenters. The zero-order valence-corrected chi connectivity index (χ0v) is 20.3. The minimum atomic E-state index is -4.35. The molecule has 1 amide bonds. The van der Waals surface area contributed by atoms with E-state index in [4.69, 9.17) is 34.8 Å². The van der Waals surface area contributed by atoms with Crippen molar-refractivity contribution in [3.8, 4) is 0 Å². The number of hydrogen-bond donors (Lipinski definition) is 2. The van der Waals surface area contributed by atoms with E-state index in [1.54, 1.807) is 30.3 Å². The molecule has 166 valence electrons. The molecule has 0 saturated heterocycles. The van der Waals surface area contributed by atoms with Gasteiger partial charge in [-0.3, -0.25) is 19.6 Å². The highest BCUT2D eigenvalue weighted by Crippen LogP contribution is 2.43. The molecule has 3 rings (SSSR count). The highest BCUT2D eigenvalue weighted by molar-refractivity contribution is 9.10. The molecule has 0 aliphatic carbocycles. The van der Waals surface area contributed by atoms with Crippen LogP contribution >= 0.6 is 50.7 Å². The molecular formula is C19H11BrCl3N3O5S. The Bertz CT molecular complexity index is 1340. The van der Waals surface area contributed by atoms with Gasteiger partial charge < -0.3 is 5.32 Å². The van der Waals surface area contributed by atoms with Crippen molar-refractivity contribution in [2.75, 3.05) is 10.0 Å². The third-order valence-electron chi connectivity index (χ3n) is 4.09. The van der Waals surface area contributed by atoms with Crippen LogP contribution in [0, 0.1) is 10.1 Å². The van der Waals surface area contributed by atoms with Gasteiger partial charge in [-0.2, -0.15) is 0 Å². The molecule has 0 saturated carbocycles. The molecule has 8 nitrogen and oxygen atoms in total. The predicted molar refractivity (Wildman–Crippen MR) is 127 cm³/mol. The summed E-state index contributed by atoms with van der Waals surface area (Å²) in [6.07, 6.45) is 0.